The van der Waals surface area contributed by atoms with Crippen LogP contribution in [0.25, 0.3) is 0 Å². The molecule has 1 rings (SSSR count). The van der Waals surface area contributed by atoms with Crippen molar-refractivity contribution < 1.29 is 0 Å². The van der Waals surface area contributed by atoms with E-state index in [1.807, 2.05) is 12.1 Å². The second-order valence-corrected chi connectivity index (χ2v) is 5.74. The van der Waals surface area contributed by atoms with Crippen LogP contribution in [-0.2, 0) is 0 Å². The number of nitrogens with zero attached hydrogens (tertiary/aromatic N) is 1. The predicted molar refractivity (Wildman–Crippen MR) is 59.9 cm³/mol. The second-order valence-electron chi connectivity index (χ2n) is 3.31. The lowest BCUT2D eigenvalue weighted by Gasteiger charge is -2.19. The highest BCUT2D eigenvalue weighted by atomic mass is 35.5. The van der Waals surface area contributed by atoms with Gasteiger partial charge in [0.15, 0.2) is 0 Å². The fourth-order valence-electron chi connectivity index (χ4n) is 0.733. The quantitative estimate of drug-likeness (QED) is 0.584. The summed E-state index contributed by atoms with van der Waals surface area (Å²) in [7, 11) is 0. The zero-order valence-corrected chi connectivity index (χ0v) is 9.88. The maximum absolute atomic E-state index is 5.80. The number of aromatic nitrogens is 1. The SMILES string of the molecule is CC(C)(CCl)Sc1ccc(Cl)cn1. The molecule has 13 heavy (non-hydrogen) atoms. The summed E-state index contributed by atoms with van der Waals surface area (Å²) in [6, 6.07) is 3.74. The third-order valence-electron chi connectivity index (χ3n) is 1.40. The summed E-state index contributed by atoms with van der Waals surface area (Å²) >= 11 is 13.2. The Bertz CT molecular complexity index is 271. The first-order chi connectivity index (χ1) is 6.03. The molecular weight excluding hydrogens is 225 g/mol. The van der Waals surface area contributed by atoms with Crippen molar-refractivity contribution in [3.63, 3.8) is 0 Å². The molecule has 0 aromatic carbocycles. The molecule has 1 heterocycles. The minimum Gasteiger partial charge on any atom is -0.248 e. The van der Waals surface area contributed by atoms with Gasteiger partial charge >= 0.3 is 0 Å². The largest absolute Gasteiger partial charge is 0.248 e. The zero-order valence-electron chi connectivity index (χ0n) is 7.55. The Morgan fingerprint density at radius 3 is 2.62 bits per heavy atom. The van der Waals surface area contributed by atoms with E-state index in [9.17, 15) is 0 Å². The Morgan fingerprint density at radius 2 is 2.15 bits per heavy atom. The van der Waals surface area contributed by atoms with Gasteiger partial charge in [-0.05, 0) is 26.0 Å². The van der Waals surface area contributed by atoms with Gasteiger partial charge in [0.2, 0.25) is 0 Å². The van der Waals surface area contributed by atoms with Crippen molar-refractivity contribution >= 4 is 35.0 Å². The summed E-state index contributed by atoms with van der Waals surface area (Å²) in [6.45, 7) is 4.17. The van der Waals surface area contributed by atoms with E-state index >= 15 is 0 Å². The summed E-state index contributed by atoms with van der Waals surface area (Å²) in [5.41, 5.74) is 0. The van der Waals surface area contributed by atoms with E-state index in [1.54, 1.807) is 18.0 Å². The molecule has 0 unspecified atom stereocenters. The molecule has 0 spiro atoms. The van der Waals surface area contributed by atoms with E-state index in [2.05, 4.69) is 18.8 Å². The molecule has 0 aliphatic heterocycles. The highest BCUT2D eigenvalue weighted by molar-refractivity contribution is 8.00. The molecule has 0 bridgehead atoms. The number of alkyl halides is 1. The molecule has 0 saturated carbocycles. The van der Waals surface area contributed by atoms with Gasteiger partial charge in [0.1, 0.15) is 0 Å². The fraction of sp³-hybridized carbons (Fsp3) is 0.444. The first kappa shape index (κ1) is 11.2. The van der Waals surface area contributed by atoms with Gasteiger partial charge in [-0.15, -0.1) is 11.6 Å². The Balaban J connectivity index is 2.69. The Morgan fingerprint density at radius 1 is 1.46 bits per heavy atom. The van der Waals surface area contributed by atoms with Crippen LogP contribution < -0.4 is 0 Å². The Hall–Kier alpha value is 0.0800. The standard InChI is InChI=1S/C9H11Cl2NS/c1-9(2,6-10)13-8-4-3-7(11)5-12-8/h3-5H,6H2,1-2H3. The number of halogens is 2. The van der Waals surface area contributed by atoms with Crippen molar-refractivity contribution in [2.75, 3.05) is 5.88 Å². The van der Waals surface area contributed by atoms with E-state index in [1.165, 1.54) is 0 Å². The predicted octanol–water partition coefficient (Wildman–Crippen LogP) is 3.84. The van der Waals surface area contributed by atoms with Crippen LogP contribution in [0.2, 0.25) is 5.02 Å². The molecule has 0 atom stereocenters. The zero-order chi connectivity index (χ0) is 9.90. The monoisotopic (exact) mass is 235 g/mol. The van der Waals surface area contributed by atoms with Crippen LogP contribution in [0.3, 0.4) is 0 Å². The molecule has 0 saturated heterocycles. The van der Waals surface area contributed by atoms with Crippen LogP contribution in [0.1, 0.15) is 13.8 Å². The van der Waals surface area contributed by atoms with Gasteiger partial charge in [-0.3, -0.25) is 0 Å². The van der Waals surface area contributed by atoms with Crippen molar-refractivity contribution in [2.45, 2.75) is 23.6 Å². The number of hydrogen-bond acceptors (Lipinski definition) is 2. The Labute approximate surface area is 92.8 Å². The van der Waals surface area contributed by atoms with E-state index in [4.69, 9.17) is 23.2 Å². The van der Waals surface area contributed by atoms with E-state index in [-0.39, 0.29) is 4.75 Å². The number of hydrogen-bond donors (Lipinski definition) is 0. The molecule has 1 aromatic rings. The fourth-order valence-corrected chi connectivity index (χ4v) is 1.87. The lowest BCUT2D eigenvalue weighted by Crippen LogP contribution is -2.16. The molecule has 4 heteroatoms. The van der Waals surface area contributed by atoms with Gasteiger partial charge in [0, 0.05) is 16.8 Å². The van der Waals surface area contributed by atoms with Crippen molar-refractivity contribution in [3.05, 3.63) is 23.4 Å². The van der Waals surface area contributed by atoms with Crippen molar-refractivity contribution in [3.8, 4) is 0 Å². The smallest absolute Gasteiger partial charge is 0.0966 e. The third kappa shape index (κ3) is 3.75. The summed E-state index contributed by atoms with van der Waals surface area (Å²) in [4.78, 5) is 4.18. The maximum Gasteiger partial charge on any atom is 0.0966 e. The molecule has 0 aliphatic carbocycles. The van der Waals surface area contributed by atoms with Gasteiger partial charge in [-0.1, -0.05) is 23.4 Å². The van der Waals surface area contributed by atoms with E-state index < -0.39 is 0 Å². The van der Waals surface area contributed by atoms with Crippen LogP contribution in [0, 0.1) is 0 Å². The molecule has 0 fully saturated rings. The van der Waals surface area contributed by atoms with Crippen molar-refractivity contribution in [2.24, 2.45) is 0 Å². The normalized spacial score (nSPS) is 11.7. The summed E-state index contributed by atoms with van der Waals surface area (Å²) < 4.78 is 0.0163. The van der Waals surface area contributed by atoms with Crippen LogP contribution in [0.5, 0.6) is 0 Å². The topological polar surface area (TPSA) is 12.9 Å². The van der Waals surface area contributed by atoms with Crippen molar-refractivity contribution in [1.82, 2.24) is 4.98 Å². The van der Waals surface area contributed by atoms with Crippen LogP contribution in [0.4, 0.5) is 0 Å². The first-order valence-electron chi connectivity index (χ1n) is 3.90. The van der Waals surface area contributed by atoms with Crippen molar-refractivity contribution in [1.29, 1.82) is 0 Å². The average molecular weight is 236 g/mol. The maximum atomic E-state index is 5.80. The van der Waals surface area contributed by atoms with Gasteiger partial charge < -0.3 is 0 Å². The van der Waals surface area contributed by atoms with Crippen LogP contribution in [0.15, 0.2) is 23.4 Å². The molecule has 0 radical (unpaired) electrons. The number of rotatable bonds is 3. The summed E-state index contributed by atoms with van der Waals surface area (Å²) in [5.74, 6) is 0.599. The Kier molecular flexibility index (Phi) is 3.89. The molecule has 0 amide bonds. The molecule has 1 nitrogen and oxygen atoms in total. The van der Waals surface area contributed by atoms with Gasteiger partial charge in [0.25, 0.3) is 0 Å². The molecule has 0 aliphatic rings. The molecular formula is C9H11Cl2NS. The lowest BCUT2D eigenvalue weighted by atomic mass is 10.2. The molecule has 72 valence electrons. The van der Waals surface area contributed by atoms with Gasteiger partial charge in [0.05, 0.1) is 10.0 Å². The highest BCUT2D eigenvalue weighted by Gasteiger charge is 2.18. The van der Waals surface area contributed by atoms with Gasteiger partial charge in [-0.2, -0.15) is 0 Å². The van der Waals surface area contributed by atoms with E-state index in [0.29, 0.717) is 10.9 Å². The summed E-state index contributed by atoms with van der Waals surface area (Å²) in [5, 5.41) is 1.61. The minimum atomic E-state index is 0.0163. The van der Waals surface area contributed by atoms with E-state index in [0.717, 1.165) is 5.03 Å². The van der Waals surface area contributed by atoms with Gasteiger partial charge in [-0.25, -0.2) is 4.98 Å². The van der Waals surface area contributed by atoms with Crippen LogP contribution in [-0.4, -0.2) is 15.6 Å². The van der Waals surface area contributed by atoms with Crippen LogP contribution >= 0.6 is 35.0 Å². The highest BCUT2D eigenvalue weighted by Crippen LogP contribution is 2.32. The average Bonchev–Trinajstić information content (AvgIpc) is 2.09. The lowest BCUT2D eigenvalue weighted by molar-refractivity contribution is 0.807. The minimum absolute atomic E-state index is 0.0163. The first-order valence-corrected chi connectivity index (χ1v) is 5.63. The number of pyridine rings is 1. The molecule has 1 aromatic heterocycles. The summed E-state index contributed by atoms with van der Waals surface area (Å²) in [6.07, 6.45) is 1.65. The molecule has 0 N–H and O–H groups in total. The number of thioether (sulfide) groups is 1. The third-order valence-corrected chi connectivity index (χ3v) is 3.60. The second kappa shape index (κ2) is 4.54.